The quantitative estimate of drug-likeness (QED) is 0.681. The van der Waals surface area contributed by atoms with E-state index >= 15 is 0 Å². The van der Waals surface area contributed by atoms with Gasteiger partial charge in [0.15, 0.2) is 0 Å². The van der Waals surface area contributed by atoms with Crippen molar-refractivity contribution in [1.29, 1.82) is 0 Å². The second-order valence-corrected chi connectivity index (χ2v) is 8.66. The highest BCUT2D eigenvalue weighted by atomic mass is 16.5. The van der Waals surface area contributed by atoms with Crippen LogP contribution in [-0.2, 0) is 9.59 Å². The Hall–Kier alpha value is -3.32. The molecule has 7 heteroatoms. The molecule has 1 N–H and O–H groups in total. The molecule has 174 valence electrons. The van der Waals surface area contributed by atoms with E-state index in [2.05, 4.69) is 0 Å². The number of aryl methyl sites for hydroxylation is 2. The van der Waals surface area contributed by atoms with Crippen molar-refractivity contribution in [2.24, 2.45) is 5.92 Å². The molecule has 2 heterocycles. The highest BCUT2D eigenvalue weighted by Crippen LogP contribution is 2.41. The summed E-state index contributed by atoms with van der Waals surface area (Å²) < 4.78 is 10.8. The summed E-state index contributed by atoms with van der Waals surface area (Å²) in [5.74, 6) is 0.260. The minimum atomic E-state index is -0.378. The van der Waals surface area contributed by atoms with Crippen molar-refractivity contribution in [3.63, 3.8) is 0 Å². The normalized spacial score (nSPS) is 18.9. The SMILES string of the molecule is COc1ccc(N2C(=O)C(c3ccc(C)cc3C)=C(N3CCCC(CO)C3)C2=O)c(OC)c1. The lowest BCUT2D eigenvalue weighted by Gasteiger charge is -2.34. The van der Waals surface area contributed by atoms with Crippen molar-refractivity contribution in [2.75, 3.05) is 38.8 Å². The number of amides is 2. The molecule has 2 aliphatic heterocycles. The number of likely N-dealkylation sites (tertiary alicyclic amines) is 1. The number of methoxy groups -OCH3 is 2. The van der Waals surface area contributed by atoms with Gasteiger partial charge in [0.05, 0.1) is 25.5 Å². The first-order valence-corrected chi connectivity index (χ1v) is 11.2. The number of anilines is 1. The summed E-state index contributed by atoms with van der Waals surface area (Å²) in [6.45, 7) is 5.20. The van der Waals surface area contributed by atoms with Gasteiger partial charge in [-0.05, 0) is 55.9 Å². The van der Waals surface area contributed by atoms with Crippen molar-refractivity contribution in [3.8, 4) is 11.5 Å². The summed E-state index contributed by atoms with van der Waals surface area (Å²) in [5.41, 5.74) is 3.93. The highest BCUT2D eigenvalue weighted by Gasteiger charge is 2.44. The Labute approximate surface area is 194 Å². The van der Waals surface area contributed by atoms with Crippen LogP contribution >= 0.6 is 0 Å². The van der Waals surface area contributed by atoms with Crippen LogP contribution in [0.1, 0.15) is 29.5 Å². The number of aliphatic hydroxyl groups excluding tert-OH is 1. The Morgan fingerprint density at radius 1 is 1.03 bits per heavy atom. The molecular weight excluding hydrogens is 420 g/mol. The summed E-state index contributed by atoms with van der Waals surface area (Å²) in [4.78, 5) is 30.9. The van der Waals surface area contributed by atoms with Crippen LogP contribution in [0.5, 0.6) is 11.5 Å². The number of rotatable bonds is 6. The number of hydrogen-bond acceptors (Lipinski definition) is 6. The zero-order chi connectivity index (χ0) is 23.7. The van der Waals surface area contributed by atoms with Gasteiger partial charge in [-0.3, -0.25) is 9.59 Å². The number of benzene rings is 2. The maximum Gasteiger partial charge on any atom is 0.282 e. The lowest BCUT2D eigenvalue weighted by atomic mass is 9.95. The summed E-state index contributed by atoms with van der Waals surface area (Å²) in [6, 6.07) is 10.9. The Kier molecular flexibility index (Phi) is 6.42. The van der Waals surface area contributed by atoms with E-state index in [1.165, 1.54) is 12.0 Å². The van der Waals surface area contributed by atoms with Gasteiger partial charge in [0.2, 0.25) is 0 Å². The van der Waals surface area contributed by atoms with Crippen LogP contribution in [-0.4, -0.2) is 55.7 Å². The topological polar surface area (TPSA) is 79.3 Å². The molecule has 0 aliphatic carbocycles. The van der Waals surface area contributed by atoms with Crippen molar-refractivity contribution in [1.82, 2.24) is 4.90 Å². The van der Waals surface area contributed by atoms with Crippen LogP contribution in [0.25, 0.3) is 5.57 Å². The molecule has 2 amide bonds. The van der Waals surface area contributed by atoms with Crippen LogP contribution in [0.3, 0.4) is 0 Å². The average molecular weight is 451 g/mol. The van der Waals surface area contributed by atoms with Crippen molar-refractivity contribution in [2.45, 2.75) is 26.7 Å². The second kappa shape index (κ2) is 9.27. The van der Waals surface area contributed by atoms with Gasteiger partial charge < -0.3 is 19.5 Å². The number of hydrogen-bond donors (Lipinski definition) is 1. The zero-order valence-corrected chi connectivity index (χ0v) is 19.6. The predicted molar refractivity (Wildman–Crippen MR) is 126 cm³/mol. The van der Waals surface area contributed by atoms with Crippen LogP contribution in [0.2, 0.25) is 0 Å². The van der Waals surface area contributed by atoms with Gasteiger partial charge in [0.1, 0.15) is 17.2 Å². The average Bonchev–Trinajstić information content (AvgIpc) is 3.08. The third-order valence-electron chi connectivity index (χ3n) is 6.43. The van der Waals surface area contributed by atoms with E-state index in [-0.39, 0.29) is 24.3 Å². The zero-order valence-electron chi connectivity index (χ0n) is 19.6. The standard InChI is InChI=1S/C26H30N2O5/c1-16-7-9-20(17(2)12-16)23-24(27-11-5-6-18(14-27)15-29)26(31)28(25(23)30)21-10-8-19(32-3)13-22(21)33-4/h7-10,12-13,18,29H,5-6,11,14-15H2,1-4H3. The first-order valence-electron chi connectivity index (χ1n) is 11.2. The van der Waals surface area contributed by atoms with Gasteiger partial charge in [-0.1, -0.05) is 23.8 Å². The van der Waals surface area contributed by atoms with Gasteiger partial charge in [-0.2, -0.15) is 0 Å². The molecule has 7 nitrogen and oxygen atoms in total. The third kappa shape index (κ3) is 4.09. The number of ether oxygens (including phenoxy) is 2. The van der Waals surface area contributed by atoms with E-state index in [1.807, 2.05) is 36.9 Å². The predicted octanol–water partition coefficient (Wildman–Crippen LogP) is 3.31. The molecule has 1 saturated heterocycles. The fourth-order valence-corrected chi connectivity index (χ4v) is 4.75. The molecule has 4 rings (SSSR count). The van der Waals surface area contributed by atoms with Crippen LogP contribution < -0.4 is 14.4 Å². The first-order chi connectivity index (χ1) is 15.9. The molecule has 2 aromatic carbocycles. The second-order valence-electron chi connectivity index (χ2n) is 8.66. The first kappa shape index (κ1) is 22.9. The Morgan fingerprint density at radius 3 is 2.48 bits per heavy atom. The molecule has 1 fully saturated rings. The van der Waals surface area contributed by atoms with Crippen LogP contribution in [0.4, 0.5) is 5.69 Å². The molecule has 0 aromatic heterocycles. The smallest absolute Gasteiger partial charge is 0.282 e. The van der Waals surface area contributed by atoms with E-state index < -0.39 is 0 Å². The molecule has 0 radical (unpaired) electrons. The molecular formula is C26H30N2O5. The van der Waals surface area contributed by atoms with Gasteiger partial charge >= 0.3 is 0 Å². The van der Waals surface area contributed by atoms with Crippen LogP contribution in [0.15, 0.2) is 42.1 Å². The fourth-order valence-electron chi connectivity index (χ4n) is 4.75. The lowest BCUT2D eigenvalue weighted by Crippen LogP contribution is -2.40. The van der Waals surface area contributed by atoms with Crippen molar-refractivity contribution < 1.29 is 24.2 Å². The molecule has 2 aliphatic rings. The minimum absolute atomic E-state index is 0.0564. The highest BCUT2D eigenvalue weighted by molar-refractivity contribution is 6.45. The number of carbonyl (C=O) groups is 2. The lowest BCUT2D eigenvalue weighted by molar-refractivity contribution is -0.120. The maximum atomic E-state index is 13.9. The molecule has 2 aromatic rings. The van der Waals surface area contributed by atoms with Crippen molar-refractivity contribution in [3.05, 3.63) is 58.8 Å². The molecule has 33 heavy (non-hydrogen) atoms. The van der Waals surface area contributed by atoms with E-state index in [9.17, 15) is 14.7 Å². The maximum absolute atomic E-state index is 13.9. The summed E-state index contributed by atoms with van der Waals surface area (Å²) in [7, 11) is 3.05. The van der Waals surface area contributed by atoms with Crippen LogP contribution in [0, 0.1) is 19.8 Å². The van der Waals surface area contributed by atoms with Crippen molar-refractivity contribution >= 4 is 23.1 Å². The number of nitrogens with zero attached hydrogens (tertiary/aromatic N) is 2. The fraction of sp³-hybridized carbons (Fsp3) is 0.385. The van der Waals surface area contributed by atoms with E-state index in [4.69, 9.17) is 9.47 Å². The summed E-state index contributed by atoms with van der Waals surface area (Å²) in [6.07, 6.45) is 1.75. The molecule has 0 bridgehead atoms. The Balaban J connectivity index is 1.86. The van der Waals surface area contributed by atoms with Gasteiger partial charge in [-0.15, -0.1) is 0 Å². The monoisotopic (exact) mass is 450 g/mol. The van der Waals surface area contributed by atoms with E-state index in [1.54, 1.807) is 25.3 Å². The summed E-state index contributed by atoms with van der Waals surface area (Å²) in [5, 5.41) is 9.74. The molecule has 1 atom stereocenters. The Bertz CT molecular complexity index is 1120. The molecule has 1 unspecified atom stereocenters. The van der Waals surface area contributed by atoms with Gasteiger partial charge in [-0.25, -0.2) is 4.90 Å². The van der Waals surface area contributed by atoms with E-state index in [0.29, 0.717) is 41.5 Å². The number of piperidine rings is 1. The number of imide groups is 1. The molecule has 0 saturated carbocycles. The minimum Gasteiger partial charge on any atom is -0.497 e. The van der Waals surface area contributed by atoms with E-state index in [0.717, 1.165) is 29.5 Å². The number of aliphatic hydroxyl groups is 1. The Morgan fingerprint density at radius 2 is 1.82 bits per heavy atom. The molecule has 0 spiro atoms. The largest absolute Gasteiger partial charge is 0.497 e. The third-order valence-corrected chi connectivity index (χ3v) is 6.43. The number of carbonyl (C=O) groups excluding carboxylic acids is 2. The van der Waals surface area contributed by atoms with Gasteiger partial charge in [0, 0.05) is 25.8 Å². The van der Waals surface area contributed by atoms with Gasteiger partial charge in [0.25, 0.3) is 11.8 Å². The summed E-state index contributed by atoms with van der Waals surface area (Å²) >= 11 is 0.